The zero-order valence-corrected chi connectivity index (χ0v) is 8.31. The number of hydrogen-bond donors (Lipinski definition) is 1. The Morgan fingerprint density at radius 2 is 2.31 bits per heavy atom. The van der Waals surface area contributed by atoms with Gasteiger partial charge in [-0.3, -0.25) is 0 Å². The molecule has 0 atom stereocenters. The molecule has 1 aliphatic carbocycles. The number of imidazole rings is 1. The summed E-state index contributed by atoms with van der Waals surface area (Å²) < 4.78 is 2.40. The van der Waals surface area contributed by atoms with E-state index in [1.807, 2.05) is 6.20 Å². The molecule has 0 aromatic carbocycles. The molecule has 1 aromatic rings. The molecule has 1 aromatic heterocycles. The zero-order chi connectivity index (χ0) is 7.97. The number of nitrogens with zero attached hydrogens (tertiary/aromatic N) is 2. The maximum absolute atomic E-state index is 4.48. The Morgan fingerprint density at radius 1 is 1.46 bits per heavy atom. The van der Waals surface area contributed by atoms with Crippen molar-refractivity contribution >= 4 is 12.4 Å². The number of rotatable bonds is 1. The van der Waals surface area contributed by atoms with Crippen LogP contribution in [0, 0.1) is 0 Å². The smallest absolute Gasteiger partial charge is 0.112 e. The van der Waals surface area contributed by atoms with Crippen molar-refractivity contribution in [3.63, 3.8) is 0 Å². The summed E-state index contributed by atoms with van der Waals surface area (Å²) in [4.78, 5) is 4.48. The lowest BCUT2D eigenvalue weighted by Crippen LogP contribution is -2.28. The maximum atomic E-state index is 4.48. The van der Waals surface area contributed by atoms with Gasteiger partial charge in [0.15, 0.2) is 0 Å². The molecule has 0 unspecified atom stereocenters. The van der Waals surface area contributed by atoms with E-state index in [-0.39, 0.29) is 12.4 Å². The van der Waals surface area contributed by atoms with Crippen LogP contribution >= 0.6 is 12.4 Å². The van der Waals surface area contributed by atoms with E-state index in [1.165, 1.54) is 24.4 Å². The highest BCUT2D eigenvalue weighted by molar-refractivity contribution is 5.85. The Morgan fingerprint density at radius 3 is 3.08 bits per heavy atom. The topological polar surface area (TPSA) is 29.9 Å². The summed E-state index contributed by atoms with van der Waals surface area (Å²) in [6, 6.07) is 0. The second-order valence-electron chi connectivity index (χ2n) is 3.71. The maximum Gasteiger partial charge on any atom is 0.112 e. The molecular formula is C9H14ClN3. The summed E-state index contributed by atoms with van der Waals surface area (Å²) in [6.45, 7) is 3.21. The van der Waals surface area contributed by atoms with E-state index in [0.717, 1.165) is 25.6 Å². The van der Waals surface area contributed by atoms with Crippen LogP contribution in [0.4, 0.5) is 0 Å². The predicted octanol–water partition coefficient (Wildman–Crippen LogP) is 1.29. The minimum Gasteiger partial charge on any atom is -0.329 e. The van der Waals surface area contributed by atoms with Crippen molar-refractivity contribution in [2.24, 2.45) is 0 Å². The summed E-state index contributed by atoms with van der Waals surface area (Å²) in [7, 11) is 0. The van der Waals surface area contributed by atoms with Gasteiger partial charge < -0.3 is 9.88 Å². The molecular weight excluding hydrogens is 186 g/mol. The summed E-state index contributed by atoms with van der Waals surface area (Å²) in [5.74, 6) is 2.13. The van der Waals surface area contributed by atoms with Crippen molar-refractivity contribution in [3.8, 4) is 0 Å². The number of aromatic nitrogens is 2. The Balaban J connectivity index is 0.000000653. The van der Waals surface area contributed by atoms with E-state index in [2.05, 4.69) is 14.9 Å². The lowest BCUT2D eigenvalue weighted by molar-refractivity contribution is 0.501. The predicted molar refractivity (Wildman–Crippen MR) is 53.2 cm³/mol. The molecule has 0 saturated heterocycles. The summed E-state index contributed by atoms with van der Waals surface area (Å²) in [5.41, 5.74) is 1.36. The first kappa shape index (κ1) is 9.03. The van der Waals surface area contributed by atoms with Gasteiger partial charge in [0.25, 0.3) is 0 Å². The van der Waals surface area contributed by atoms with Gasteiger partial charge in [0.1, 0.15) is 5.82 Å². The molecule has 13 heavy (non-hydrogen) atoms. The van der Waals surface area contributed by atoms with E-state index in [0.29, 0.717) is 0 Å². The van der Waals surface area contributed by atoms with Gasteiger partial charge in [0, 0.05) is 31.7 Å². The van der Waals surface area contributed by atoms with Crippen LogP contribution < -0.4 is 5.32 Å². The molecule has 3 rings (SSSR count). The highest BCUT2D eigenvalue weighted by atomic mass is 35.5. The first-order valence-electron chi connectivity index (χ1n) is 4.70. The van der Waals surface area contributed by atoms with Crippen molar-refractivity contribution in [2.45, 2.75) is 31.8 Å². The highest BCUT2D eigenvalue weighted by Gasteiger charge is 2.29. The third kappa shape index (κ3) is 1.46. The average Bonchev–Trinajstić information content (AvgIpc) is 2.86. The van der Waals surface area contributed by atoms with E-state index in [9.17, 15) is 0 Å². The van der Waals surface area contributed by atoms with E-state index < -0.39 is 0 Å². The Labute approximate surface area is 84.0 Å². The van der Waals surface area contributed by atoms with Crippen LogP contribution in [0.1, 0.15) is 30.3 Å². The van der Waals surface area contributed by atoms with Crippen molar-refractivity contribution in [1.29, 1.82) is 0 Å². The first-order chi connectivity index (χ1) is 5.95. The fraction of sp³-hybridized carbons (Fsp3) is 0.667. The number of halogens is 1. The number of fused-ring (bicyclic) bond motifs is 1. The molecule has 1 N–H and O–H groups in total. The van der Waals surface area contributed by atoms with Crippen molar-refractivity contribution < 1.29 is 0 Å². The highest BCUT2D eigenvalue weighted by Crippen LogP contribution is 2.39. The van der Waals surface area contributed by atoms with Crippen molar-refractivity contribution in [3.05, 3.63) is 17.7 Å². The lowest BCUT2D eigenvalue weighted by Gasteiger charge is -2.17. The fourth-order valence-electron chi connectivity index (χ4n) is 1.90. The Hall–Kier alpha value is -0.540. The molecule has 3 nitrogen and oxygen atoms in total. The summed E-state index contributed by atoms with van der Waals surface area (Å²) >= 11 is 0. The average molecular weight is 200 g/mol. The zero-order valence-electron chi connectivity index (χ0n) is 7.49. The van der Waals surface area contributed by atoms with Gasteiger partial charge in [-0.1, -0.05) is 0 Å². The monoisotopic (exact) mass is 199 g/mol. The molecule has 0 bridgehead atoms. The van der Waals surface area contributed by atoms with Crippen LogP contribution in [-0.2, 0) is 13.1 Å². The molecule has 0 radical (unpaired) electrons. The van der Waals surface area contributed by atoms with Gasteiger partial charge in [0.05, 0.1) is 5.69 Å². The molecule has 72 valence electrons. The van der Waals surface area contributed by atoms with Crippen LogP contribution in [0.5, 0.6) is 0 Å². The summed E-state index contributed by atoms with van der Waals surface area (Å²) in [6.07, 6.45) is 4.73. The van der Waals surface area contributed by atoms with E-state index in [1.54, 1.807) is 0 Å². The van der Waals surface area contributed by atoms with Gasteiger partial charge in [-0.2, -0.15) is 0 Å². The molecule has 2 heterocycles. The van der Waals surface area contributed by atoms with Gasteiger partial charge in [0.2, 0.25) is 0 Å². The third-order valence-electron chi connectivity index (χ3n) is 2.73. The first-order valence-corrected chi connectivity index (χ1v) is 4.70. The molecule has 0 spiro atoms. The minimum atomic E-state index is 0. The largest absolute Gasteiger partial charge is 0.329 e. The Bertz CT molecular complexity index is 304. The molecule has 2 aliphatic rings. The number of nitrogens with one attached hydrogen (secondary N) is 1. The van der Waals surface area contributed by atoms with E-state index >= 15 is 0 Å². The van der Waals surface area contributed by atoms with Gasteiger partial charge in [-0.15, -0.1) is 12.4 Å². The van der Waals surface area contributed by atoms with Gasteiger partial charge in [-0.25, -0.2) is 4.98 Å². The van der Waals surface area contributed by atoms with Crippen molar-refractivity contribution in [1.82, 2.24) is 14.9 Å². The third-order valence-corrected chi connectivity index (χ3v) is 2.73. The summed E-state index contributed by atoms with van der Waals surface area (Å²) in [5, 5.41) is 3.35. The van der Waals surface area contributed by atoms with Crippen LogP contribution in [0.3, 0.4) is 0 Å². The van der Waals surface area contributed by atoms with Crippen LogP contribution in [0.15, 0.2) is 6.20 Å². The number of hydrogen-bond acceptors (Lipinski definition) is 2. The minimum absolute atomic E-state index is 0. The SMILES string of the molecule is Cl.c1nc(C2CC2)n2c1CNCC2. The fourth-order valence-corrected chi connectivity index (χ4v) is 1.90. The molecule has 1 fully saturated rings. The Kier molecular flexibility index (Phi) is 2.30. The molecule has 1 saturated carbocycles. The molecule has 1 aliphatic heterocycles. The molecule has 0 amide bonds. The lowest BCUT2D eigenvalue weighted by atomic mass is 10.3. The van der Waals surface area contributed by atoms with Crippen molar-refractivity contribution in [2.75, 3.05) is 6.54 Å². The van der Waals surface area contributed by atoms with Crippen LogP contribution in [0.2, 0.25) is 0 Å². The van der Waals surface area contributed by atoms with Crippen LogP contribution in [0.25, 0.3) is 0 Å². The normalized spacial score (nSPS) is 20.6. The quantitative estimate of drug-likeness (QED) is 0.739. The van der Waals surface area contributed by atoms with Gasteiger partial charge >= 0.3 is 0 Å². The molecule has 4 heteroatoms. The second-order valence-corrected chi connectivity index (χ2v) is 3.71. The van der Waals surface area contributed by atoms with Gasteiger partial charge in [-0.05, 0) is 12.8 Å². The standard InChI is InChI=1S/C9H13N3.ClH/c1-2-7(1)9-11-6-8-5-10-3-4-12(8)9;/h6-7,10H,1-5H2;1H. The van der Waals surface area contributed by atoms with Crippen LogP contribution in [-0.4, -0.2) is 16.1 Å². The second kappa shape index (κ2) is 3.31. The van der Waals surface area contributed by atoms with E-state index in [4.69, 9.17) is 0 Å².